The topological polar surface area (TPSA) is 150 Å². The van der Waals surface area contributed by atoms with Crippen LogP contribution in [0.5, 0.6) is 0 Å². The number of carboxylic acid groups (broad SMARTS) is 1. The first kappa shape index (κ1) is 18.4. The third-order valence-corrected chi connectivity index (χ3v) is 5.93. The van der Waals surface area contributed by atoms with E-state index in [2.05, 4.69) is 5.32 Å². The average molecular weight is 396 g/mol. The van der Waals surface area contributed by atoms with E-state index in [0.29, 0.717) is 11.3 Å². The number of rotatable bonds is 6. The lowest BCUT2D eigenvalue weighted by Gasteiger charge is -2.51. The molecule has 2 unspecified atom stereocenters. The van der Waals surface area contributed by atoms with Gasteiger partial charge in [-0.05, 0) is 23.1 Å². The van der Waals surface area contributed by atoms with E-state index in [9.17, 15) is 19.5 Å². The third kappa shape index (κ3) is 3.58. The molecule has 26 heavy (non-hydrogen) atoms. The van der Waals surface area contributed by atoms with E-state index in [4.69, 9.17) is 15.6 Å². The smallest absolute Gasteiger partial charge is 0.330 e. The van der Waals surface area contributed by atoms with Crippen molar-refractivity contribution in [2.24, 2.45) is 5.73 Å². The van der Waals surface area contributed by atoms with Crippen LogP contribution < -0.4 is 11.1 Å². The Labute approximate surface area is 156 Å². The van der Waals surface area contributed by atoms with Gasteiger partial charge in [0.05, 0.1) is 12.7 Å². The lowest BCUT2D eigenvalue weighted by molar-refractivity contribution is -0.160. The number of hydrogen-bond acceptors (Lipinski definition) is 7. The van der Waals surface area contributed by atoms with Crippen LogP contribution >= 0.6 is 23.5 Å². The molecule has 0 bridgehead atoms. The Bertz CT molecular complexity index is 779. The van der Waals surface area contributed by atoms with Crippen molar-refractivity contribution in [3.05, 3.63) is 35.1 Å². The predicted octanol–water partition coefficient (Wildman–Crippen LogP) is 0.186. The lowest BCUT2D eigenvalue weighted by Crippen LogP contribution is -2.74. The SMILES string of the molecule is N=C(N)SCC1=CS[C@@H]2C(NC(=O)Cc3ccco3)C(=O)N2C1C(=O)O. The molecule has 9 nitrogen and oxygen atoms in total. The number of fused-ring (bicyclic) bond motifs is 1. The quantitative estimate of drug-likeness (QED) is 0.302. The molecule has 2 amide bonds. The van der Waals surface area contributed by atoms with Crippen molar-refractivity contribution in [1.82, 2.24) is 10.2 Å². The lowest BCUT2D eigenvalue weighted by atomic mass is 9.98. The van der Waals surface area contributed by atoms with Crippen LogP contribution in [0.4, 0.5) is 0 Å². The van der Waals surface area contributed by atoms with Crippen molar-refractivity contribution in [3.63, 3.8) is 0 Å². The van der Waals surface area contributed by atoms with Crippen molar-refractivity contribution in [3.8, 4) is 0 Å². The van der Waals surface area contributed by atoms with Gasteiger partial charge in [-0.2, -0.15) is 0 Å². The van der Waals surface area contributed by atoms with Crippen LogP contribution in [-0.4, -0.2) is 56.2 Å². The number of amides is 2. The van der Waals surface area contributed by atoms with Crippen molar-refractivity contribution < 1.29 is 23.9 Å². The maximum Gasteiger partial charge on any atom is 0.330 e. The summed E-state index contributed by atoms with van der Waals surface area (Å²) in [6, 6.07) is 1.44. The van der Waals surface area contributed by atoms with Crippen molar-refractivity contribution in [1.29, 1.82) is 5.41 Å². The number of hydrogen-bond donors (Lipinski definition) is 4. The Morgan fingerprint density at radius 1 is 1.50 bits per heavy atom. The molecule has 0 radical (unpaired) electrons. The molecule has 138 valence electrons. The number of carbonyl (C=O) groups is 3. The molecular weight excluding hydrogens is 380 g/mol. The second-order valence-corrected chi connectivity index (χ2v) is 7.67. The molecule has 0 aliphatic carbocycles. The summed E-state index contributed by atoms with van der Waals surface area (Å²) in [5.74, 6) is -1.27. The second-order valence-electron chi connectivity index (χ2n) is 5.66. The molecule has 3 rings (SSSR count). The van der Waals surface area contributed by atoms with Crippen molar-refractivity contribution in [2.75, 3.05) is 5.75 Å². The van der Waals surface area contributed by atoms with Gasteiger partial charge in [0.2, 0.25) is 11.8 Å². The number of aliphatic carboxylic acids is 1. The number of amidine groups is 1. The Hall–Kier alpha value is -2.40. The summed E-state index contributed by atoms with van der Waals surface area (Å²) in [6.07, 6.45) is 1.46. The summed E-state index contributed by atoms with van der Waals surface area (Å²) >= 11 is 2.27. The van der Waals surface area contributed by atoms with Gasteiger partial charge in [-0.15, -0.1) is 11.8 Å². The molecule has 5 N–H and O–H groups in total. The molecule has 0 spiro atoms. The van der Waals surface area contributed by atoms with Crippen LogP contribution in [0.1, 0.15) is 5.76 Å². The van der Waals surface area contributed by atoms with E-state index in [1.54, 1.807) is 17.5 Å². The van der Waals surface area contributed by atoms with Crippen LogP contribution in [-0.2, 0) is 20.8 Å². The number of β-lactam (4-membered cyclic amide) rings is 1. The van der Waals surface area contributed by atoms with Crippen molar-refractivity contribution >= 4 is 46.5 Å². The third-order valence-electron chi connectivity index (χ3n) is 3.93. The number of nitrogens with two attached hydrogens (primary N) is 1. The Morgan fingerprint density at radius 2 is 2.27 bits per heavy atom. The van der Waals surface area contributed by atoms with Gasteiger partial charge in [0.25, 0.3) is 0 Å². The summed E-state index contributed by atoms with van der Waals surface area (Å²) < 4.78 is 5.10. The number of nitrogens with zero attached hydrogens (tertiary/aromatic N) is 1. The molecule has 2 aliphatic heterocycles. The zero-order valence-corrected chi connectivity index (χ0v) is 15.0. The Morgan fingerprint density at radius 3 is 2.88 bits per heavy atom. The zero-order valence-electron chi connectivity index (χ0n) is 13.4. The fourth-order valence-electron chi connectivity index (χ4n) is 2.79. The normalized spacial score (nSPS) is 24.3. The molecule has 0 saturated carbocycles. The van der Waals surface area contributed by atoms with Crippen LogP contribution in [0, 0.1) is 5.41 Å². The first-order valence-electron chi connectivity index (χ1n) is 7.56. The average Bonchev–Trinajstić information content (AvgIpc) is 3.09. The maximum atomic E-state index is 12.4. The summed E-state index contributed by atoms with van der Waals surface area (Å²) in [5, 5.41) is 20.5. The maximum absolute atomic E-state index is 12.4. The van der Waals surface area contributed by atoms with Gasteiger partial charge < -0.3 is 25.5 Å². The van der Waals surface area contributed by atoms with Crippen LogP contribution in [0.3, 0.4) is 0 Å². The summed E-state index contributed by atoms with van der Waals surface area (Å²) in [7, 11) is 0. The summed E-state index contributed by atoms with van der Waals surface area (Å²) in [5.41, 5.74) is 5.79. The Kier molecular flexibility index (Phi) is 5.28. The molecule has 1 fully saturated rings. The van der Waals surface area contributed by atoms with Crippen LogP contribution in [0.2, 0.25) is 0 Å². The Balaban J connectivity index is 1.67. The van der Waals surface area contributed by atoms with E-state index in [0.717, 1.165) is 11.8 Å². The van der Waals surface area contributed by atoms with Crippen LogP contribution in [0.25, 0.3) is 0 Å². The first-order valence-corrected chi connectivity index (χ1v) is 9.49. The molecule has 3 heterocycles. The summed E-state index contributed by atoms with van der Waals surface area (Å²) in [6.45, 7) is 0. The van der Waals surface area contributed by atoms with E-state index < -0.39 is 29.3 Å². The number of carboxylic acids is 1. The van der Waals surface area contributed by atoms with Crippen LogP contribution in [0.15, 0.2) is 33.8 Å². The monoisotopic (exact) mass is 396 g/mol. The highest BCUT2D eigenvalue weighted by Crippen LogP contribution is 2.40. The first-order chi connectivity index (χ1) is 12.4. The minimum Gasteiger partial charge on any atom is -0.479 e. The highest BCUT2D eigenvalue weighted by Gasteiger charge is 2.55. The minimum atomic E-state index is -1.15. The number of carbonyl (C=O) groups excluding carboxylic acids is 2. The minimum absolute atomic E-state index is 0.00681. The molecule has 1 aromatic heterocycles. The molecule has 3 atom stereocenters. The summed E-state index contributed by atoms with van der Waals surface area (Å²) in [4.78, 5) is 37.4. The van der Waals surface area contributed by atoms with E-state index in [-0.39, 0.29) is 23.2 Å². The van der Waals surface area contributed by atoms with Gasteiger partial charge in [-0.3, -0.25) is 15.0 Å². The molecule has 0 aromatic carbocycles. The van der Waals surface area contributed by atoms with Gasteiger partial charge in [0.15, 0.2) is 11.2 Å². The van der Waals surface area contributed by atoms with Gasteiger partial charge in [0, 0.05) is 5.75 Å². The molecule has 11 heteroatoms. The van der Waals surface area contributed by atoms with Gasteiger partial charge in [0.1, 0.15) is 17.2 Å². The number of thioether (sulfide) groups is 2. The standard InChI is InChI=1S/C15H16N4O5S2/c16-15(17)26-6-7-5-25-13-10(12(21)19(13)11(7)14(22)23)18-9(20)4-8-2-1-3-24-8/h1-3,5,10-11,13H,4,6H2,(H3,16,17)(H,18,20)(H,22,23)/t10?,11?,13-/m1/s1. The second kappa shape index (κ2) is 7.46. The van der Waals surface area contributed by atoms with E-state index in [1.807, 2.05) is 0 Å². The molecule has 1 aromatic rings. The van der Waals surface area contributed by atoms with Gasteiger partial charge >= 0.3 is 5.97 Å². The van der Waals surface area contributed by atoms with E-state index in [1.165, 1.54) is 22.9 Å². The fraction of sp³-hybridized carbons (Fsp3) is 0.333. The fourth-order valence-corrected chi connectivity index (χ4v) is 4.68. The molecular formula is C15H16N4O5S2. The van der Waals surface area contributed by atoms with Crippen molar-refractivity contribution in [2.45, 2.75) is 23.9 Å². The largest absolute Gasteiger partial charge is 0.479 e. The van der Waals surface area contributed by atoms with E-state index >= 15 is 0 Å². The van der Waals surface area contributed by atoms with Gasteiger partial charge in [-0.1, -0.05) is 11.8 Å². The number of furan rings is 1. The number of nitrogens with one attached hydrogen (secondary N) is 2. The molecule has 1 saturated heterocycles. The highest BCUT2D eigenvalue weighted by molar-refractivity contribution is 8.13. The van der Waals surface area contributed by atoms with Gasteiger partial charge in [-0.25, -0.2) is 4.79 Å². The predicted molar refractivity (Wildman–Crippen MR) is 96.4 cm³/mol. The zero-order chi connectivity index (χ0) is 18.8. The molecule has 2 aliphatic rings. The highest BCUT2D eigenvalue weighted by atomic mass is 32.2.